The van der Waals surface area contributed by atoms with E-state index < -0.39 is 21.7 Å². The van der Waals surface area contributed by atoms with Crippen molar-refractivity contribution in [1.82, 2.24) is 29.9 Å². The van der Waals surface area contributed by atoms with Gasteiger partial charge in [0.05, 0.1) is 56.7 Å². The van der Waals surface area contributed by atoms with Crippen molar-refractivity contribution in [3.8, 4) is 33.4 Å². The first-order chi connectivity index (χ1) is 41.9. The summed E-state index contributed by atoms with van der Waals surface area (Å²) >= 11 is 18.4. The zero-order chi connectivity index (χ0) is 60.3. The highest BCUT2D eigenvalue weighted by Gasteiger charge is 2.44. The number of para-hydroxylation sites is 1. The largest absolute Gasteiger partial charge is 0.389 e. The quantitative estimate of drug-likeness (QED) is 0.0667. The molecule has 0 aliphatic heterocycles. The van der Waals surface area contributed by atoms with Crippen LogP contribution in [-0.2, 0) is 15.6 Å². The van der Waals surface area contributed by atoms with E-state index in [2.05, 4.69) is 98.5 Å². The maximum atomic E-state index is 11.7. The molecule has 15 heteroatoms. The predicted octanol–water partition coefficient (Wildman–Crippen LogP) is 18.1. The number of aromatic amines is 3. The van der Waals surface area contributed by atoms with Crippen molar-refractivity contribution in [2.75, 3.05) is 11.0 Å². The third kappa shape index (κ3) is 12.9. The van der Waals surface area contributed by atoms with Gasteiger partial charge in [-0.2, -0.15) is 0 Å². The highest BCUT2D eigenvalue weighted by molar-refractivity contribution is 7.92. The van der Waals surface area contributed by atoms with E-state index in [1.165, 1.54) is 16.7 Å². The second-order valence-corrected chi connectivity index (χ2v) is 26.9. The number of sulfonamides is 1. The molecule has 0 radical (unpaired) electrons. The average Bonchev–Trinajstić information content (AvgIpc) is 1.74. The Labute approximate surface area is 520 Å². The number of fused-ring (bicyclic) bond motifs is 3. The fraction of sp³-hybridized carbons (Fsp3) is 0.208. The summed E-state index contributed by atoms with van der Waals surface area (Å²) in [6.45, 7) is 5.44. The number of benzene rings is 9. The van der Waals surface area contributed by atoms with Gasteiger partial charge in [0.25, 0.3) is 0 Å². The first kappa shape index (κ1) is 58.0. The minimum absolute atomic E-state index is 0.360. The molecule has 0 bridgehead atoms. The molecule has 6 N–H and O–H groups in total. The number of aromatic nitrogens is 6. The SMILES string of the molecule is CC(C)(O)c1ccccc1-c1ccc2nc(C3CC3c3cccc(Cl)c3)[nH]c2c1.CC(O)c1ccccc1-c1ccc2nc(C3CC3c3cccc(Cl)c3)[nH]c2c1.CS(=O)(=O)Nc1ccccc1-c1ccc2nc(C3CC3c3cccc(Cl)c3)[nH]c2c1. The summed E-state index contributed by atoms with van der Waals surface area (Å²) in [5, 5.41) is 23.0. The molecule has 7 unspecified atom stereocenters. The van der Waals surface area contributed by atoms with Crippen LogP contribution in [-0.4, -0.2) is 54.8 Å². The van der Waals surface area contributed by atoms with Crippen molar-refractivity contribution < 1.29 is 18.6 Å². The van der Waals surface area contributed by atoms with Gasteiger partial charge in [0.15, 0.2) is 0 Å². The van der Waals surface area contributed by atoms with Crippen LogP contribution in [0.25, 0.3) is 66.5 Å². The first-order valence-electron chi connectivity index (χ1n) is 29.3. The van der Waals surface area contributed by atoms with Crippen LogP contribution in [0.3, 0.4) is 0 Å². The predicted molar refractivity (Wildman–Crippen MR) is 354 cm³/mol. The second kappa shape index (κ2) is 23.6. The Hall–Kier alpha value is -8.07. The smallest absolute Gasteiger partial charge is 0.229 e. The molecule has 87 heavy (non-hydrogen) atoms. The molecule has 7 atom stereocenters. The molecule has 0 spiro atoms. The highest BCUT2D eigenvalue weighted by atomic mass is 35.5. The molecule has 3 fully saturated rings. The van der Waals surface area contributed by atoms with Crippen molar-refractivity contribution in [2.45, 2.75) is 87.2 Å². The van der Waals surface area contributed by atoms with Crippen molar-refractivity contribution in [3.05, 3.63) is 261 Å². The van der Waals surface area contributed by atoms with Gasteiger partial charge in [-0.05, 0) is 192 Å². The van der Waals surface area contributed by atoms with Gasteiger partial charge in [0.1, 0.15) is 17.5 Å². The minimum Gasteiger partial charge on any atom is -0.389 e. The number of H-pyrrole nitrogens is 3. The van der Waals surface area contributed by atoms with Gasteiger partial charge in [-0.25, -0.2) is 23.4 Å². The van der Waals surface area contributed by atoms with Crippen LogP contribution >= 0.6 is 34.8 Å². The standard InChI is InChI=1S/C25H23ClN2O.C24H21ClN2O.C23H20ClN3O2S/c1-25(2,29)21-9-4-3-8-18(21)16-10-11-22-23(13-16)28-24(27-22)20-14-19(20)15-6-5-7-17(26)12-15;1-14(28)18-7-2-3-8-19(18)16-9-10-22-23(12-16)27-24(26-22)21-13-20(21)15-5-4-6-17(25)11-15;1-30(28,29)27-20-8-3-2-7-17(20)15-9-10-21-22(12-15)26-23(25-21)19-13-18(19)14-5-4-6-16(24)11-14/h3-13,19-20,29H,14H2,1-2H3,(H,27,28);2-12,14,20-21,28H,13H2,1H3,(H,26,27);2-12,18-19,27H,13H2,1H3,(H,25,26). The van der Waals surface area contributed by atoms with Gasteiger partial charge in [0.2, 0.25) is 10.0 Å². The summed E-state index contributed by atoms with van der Waals surface area (Å²) < 4.78 is 26.0. The molecular weight excluding hydrogens is 1170 g/mol. The lowest BCUT2D eigenvalue weighted by Gasteiger charge is -2.21. The van der Waals surface area contributed by atoms with Gasteiger partial charge < -0.3 is 25.2 Å². The number of rotatable bonds is 13. The Balaban J connectivity index is 0.000000121. The molecular formula is C72H64Cl3N7O4S. The number of hydrogen-bond acceptors (Lipinski definition) is 7. The maximum Gasteiger partial charge on any atom is 0.229 e. The maximum absolute atomic E-state index is 11.7. The van der Waals surface area contributed by atoms with Gasteiger partial charge in [0, 0.05) is 38.4 Å². The lowest BCUT2D eigenvalue weighted by molar-refractivity contribution is 0.0792. The molecule has 3 aliphatic carbocycles. The zero-order valence-corrected chi connectivity index (χ0v) is 51.4. The van der Waals surface area contributed by atoms with E-state index in [0.717, 1.165) is 136 Å². The van der Waals surface area contributed by atoms with Crippen molar-refractivity contribution >= 4 is 83.6 Å². The molecule has 12 aromatic rings. The Kier molecular flexibility index (Phi) is 15.7. The summed E-state index contributed by atoms with van der Waals surface area (Å²) in [5.74, 6) is 5.64. The van der Waals surface area contributed by atoms with Gasteiger partial charge in [-0.3, -0.25) is 4.72 Å². The van der Waals surface area contributed by atoms with Gasteiger partial charge >= 0.3 is 0 Å². The van der Waals surface area contributed by atoms with E-state index in [9.17, 15) is 18.6 Å². The van der Waals surface area contributed by atoms with Crippen LogP contribution in [0.15, 0.2) is 200 Å². The third-order valence-corrected chi connectivity index (χ3v) is 18.2. The summed E-state index contributed by atoms with van der Waals surface area (Å²) in [7, 11) is -3.36. The van der Waals surface area contributed by atoms with Crippen LogP contribution in [0, 0.1) is 0 Å². The van der Waals surface area contributed by atoms with Gasteiger partial charge in [-0.15, -0.1) is 0 Å². The Morgan fingerprint density at radius 3 is 1.28 bits per heavy atom. The van der Waals surface area contributed by atoms with Crippen LogP contribution < -0.4 is 4.72 Å². The monoisotopic (exact) mass is 1230 g/mol. The number of nitrogens with one attached hydrogen (secondary N) is 4. The van der Waals surface area contributed by atoms with E-state index in [0.29, 0.717) is 41.2 Å². The number of aliphatic hydroxyl groups is 2. The van der Waals surface area contributed by atoms with Crippen LogP contribution in [0.4, 0.5) is 5.69 Å². The highest BCUT2D eigenvalue weighted by Crippen LogP contribution is 2.56. The molecule has 9 aromatic carbocycles. The molecule has 3 aromatic heterocycles. The number of hydrogen-bond donors (Lipinski definition) is 6. The molecule has 0 saturated heterocycles. The van der Waals surface area contributed by atoms with Crippen LogP contribution in [0.1, 0.15) is 127 Å². The summed E-state index contributed by atoms with van der Waals surface area (Å²) in [6, 6.07) is 66.1. The molecule has 11 nitrogen and oxygen atoms in total. The number of halogens is 3. The summed E-state index contributed by atoms with van der Waals surface area (Å²) in [6.07, 6.45) is 3.88. The lowest BCUT2D eigenvalue weighted by Crippen LogP contribution is -2.16. The number of aliphatic hydroxyl groups excluding tert-OH is 1. The molecule has 3 aliphatic rings. The molecule has 438 valence electrons. The number of imidazole rings is 3. The van der Waals surface area contributed by atoms with Crippen LogP contribution in [0.5, 0.6) is 0 Å². The zero-order valence-electron chi connectivity index (χ0n) is 48.3. The minimum atomic E-state index is -3.36. The molecule has 15 rings (SSSR count). The fourth-order valence-electron chi connectivity index (χ4n) is 12.3. The van der Waals surface area contributed by atoms with Crippen molar-refractivity contribution in [1.29, 1.82) is 0 Å². The van der Waals surface area contributed by atoms with E-state index in [-0.39, 0.29) is 0 Å². The Morgan fingerprint density at radius 1 is 0.483 bits per heavy atom. The third-order valence-electron chi connectivity index (χ3n) is 16.9. The molecule has 3 heterocycles. The molecule has 0 amide bonds. The number of nitrogens with zero attached hydrogens (tertiary/aromatic N) is 3. The van der Waals surface area contributed by atoms with E-state index in [1.54, 1.807) is 13.0 Å². The van der Waals surface area contributed by atoms with Crippen molar-refractivity contribution in [3.63, 3.8) is 0 Å². The first-order valence-corrected chi connectivity index (χ1v) is 32.3. The molecule has 3 saturated carbocycles. The van der Waals surface area contributed by atoms with E-state index in [4.69, 9.17) is 49.8 Å². The normalized spacial score (nSPS) is 19.0. The Bertz CT molecular complexity index is 4660. The summed E-state index contributed by atoms with van der Waals surface area (Å²) in [5.41, 5.74) is 17.2. The second-order valence-electron chi connectivity index (χ2n) is 23.9. The van der Waals surface area contributed by atoms with Crippen LogP contribution in [0.2, 0.25) is 15.1 Å². The summed E-state index contributed by atoms with van der Waals surface area (Å²) in [4.78, 5) is 25.0. The topological polar surface area (TPSA) is 173 Å². The van der Waals surface area contributed by atoms with Crippen molar-refractivity contribution in [2.24, 2.45) is 0 Å². The number of anilines is 1. The van der Waals surface area contributed by atoms with E-state index in [1.807, 2.05) is 129 Å². The average molecular weight is 1230 g/mol. The lowest BCUT2D eigenvalue weighted by atomic mass is 9.89. The Morgan fingerprint density at radius 2 is 0.862 bits per heavy atom. The van der Waals surface area contributed by atoms with Gasteiger partial charge in [-0.1, -0.05) is 156 Å². The van der Waals surface area contributed by atoms with E-state index >= 15 is 0 Å². The fourth-order valence-corrected chi connectivity index (χ4v) is 13.5.